The largest absolute Gasteiger partial charge is 0.358 e. The van der Waals surface area contributed by atoms with Gasteiger partial charge in [0.25, 0.3) is 0 Å². The predicted molar refractivity (Wildman–Crippen MR) is 54.8 cm³/mol. The first-order chi connectivity index (χ1) is 7.29. The van der Waals surface area contributed by atoms with Gasteiger partial charge in [-0.3, -0.25) is 4.79 Å². The van der Waals surface area contributed by atoms with E-state index in [2.05, 4.69) is 5.10 Å². The first-order valence-electron chi connectivity index (χ1n) is 4.54. The molecule has 0 saturated carbocycles. The number of carbonyl (C=O) groups excluding carboxylic acids is 1. The normalized spacial score (nSPS) is 9.93. The Morgan fingerprint density at radius 1 is 1.33 bits per heavy atom. The average molecular weight is 202 g/mol. The van der Waals surface area contributed by atoms with Crippen LogP contribution in [-0.2, 0) is 0 Å². The molecule has 2 aromatic rings. The van der Waals surface area contributed by atoms with Crippen LogP contribution in [0, 0.1) is 6.92 Å². The lowest BCUT2D eigenvalue weighted by atomic mass is 10.2. The van der Waals surface area contributed by atoms with E-state index in [1.165, 1.54) is 4.85 Å². The Morgan fingerprint density at radius 3 is 2.80 bits per heavy atom. The van der Waals surface area contributed by atoms with Gasteiger partial charge in [0.05, 0.1) is 6.20 Å². The minimum absolute atomic E-state index is 0.351. The number of benzene rings is 1. The highest BCUT2D eigenvalue weighted by Crippen LogP contribution is 2.16. The van der Waals surface area contributed by atoms with E-state index in [0.717, 1.165) is 11.3 Å². The van der Waals surface area contributed by atoms with E-state index >= 15 is 0 Å². The molecule has 0 amide bonds. The summed E-state index contributed by atoms with van der Waals surface area (Å²) in [4.78, 5) is 17.1. The van der Waals surface area contributed by atoms with Crippen molar-refractivity contribution in [1.82, 2.24) is 9.94 Å². The van der Waals surface area contributed by atoms with Gasteiger partial charge < -0.3 is 4.84 Å². The predicted octanol–water partition coefficient (Wildman–Crippen LogP) is 1.85. The molecule has 0 bridgehead atoms. The SMILES string of the molecule is Cc1ccccc1On1ccc(C=O)n1. The maximum absolute atomic E-state index is 10.4. The zero-order valence-corrected chi connectivity index (χ0v) is 8.25. The topological polar surface area (TPSA) is 44.1 Å². The van der Waals surface area contributed by atoms with Crippen LogP contribution >= 0.6 is 0 Å². The molecule has 76 valence electrons. The molecule has 0 spiro atoms. The third-order valence-electron chi connectivity index (χ3n) is 1.99. The highest BCUT2D eigenvalue weighted by Gasteiger charge is 2.01. The van der Waals surface area contributed by atoms with Crippen LogP contribution in [-0.4, -0.2) is 16.2 Å². The van der Waals surface area contributed by atoms with E-state index in [-0.39, 0.29) is 0 Å². The lowest BCUT2D eigenvalue weighted by Gasteiger charge is -2.06. The Kier molecular flexibility index (Phi) is 2.49. The van der Waals surface area contributed by atoms with Gasteiger partial charge >= 0.3 is 0 Å². The second kappa shape index (κ2) is 3.96. The number of para-hydroxylation sites is 1. The first-order valence-corrected chi connectivity index (χ1v) is 4.54. The smallest absolute Gasteiger partial charge is 0.170 e. The third kappa shape index (κ3) is 2.04. The summed E-state index contributed by atoms with van der Waals surface area (Å²) in [6.07, 6.45) is 2.27. The molecule has 0 aliphatic carbocycles. The molecule has 0 N–H and O–H groups in total. The summed E-state index contributed by atoms with van der Waals surface area (Å²) in [5.41, 5.74) is 1.37. The van der Waals surface area contributed by atoms with Crippen LogP contribution in [0.4, 0.5) is 0 Å². The van der Waals surface area contributed by atoms with Gasteiger partial charge in [-0.15, -0.1) is 5.10 Å². The van der Waals surface area contributed by atoms with Crippen molar-refractivity contribution in [2.75, 3.05) is 0 Å². The van der Waals surface area contributed by atoms with E-state index in [1.807, 2.05) is 31.2 Å². The fourth-order valence-electron chi connectivity index (χ4n) is 1.19. The third-order valence-corrected chi connectivity index (χ3v) is 1.99. The molecule has 0 aliphatic heterocycles. The van der Waals surface area contributed by atoms with Gasteiger partial charge in [-0.2, -0.15) is 0 Å². The van der Waals surface area contributed by atoms with Crippen molar-refractivity contribution in [1.29, 1.82) is 0 Å². The molecule has 0 saturated heterocycles. The molecule has 0 fully saturated rings. The Labute approximate surface area is 87.1 Å². The van der Waals surface area contributed by atoms with Crippen LogP contribution in [0.15, 0.2) is 36.5 Å². The van der Waals surface area contributed by atoms with Crippen molar-refractivity contribution in [3.8, 4) is 5.75 Å². The molecule has 15 heavy (non-hydrogen) atoms. The van der Waals surface area contributed by atoms with Crippen LogP contribution in [0.1, 0.15) is 16.1 Å². The fourth-order valence-corrected chi connectivity index (χ4v) is 1.19. The summed E-state index contributed by atoms with van der Waals surface area (Å²) < 4.78 is 0. The van der Waals surface area contributed by atoms with Gasteiger partial charge in [0, 0.05) is 0 Å². The summed E-state index contributed by atoms with van der Waals surface area (Å²) in [6, 6.07) is 9.19. The van der Waals surface area contributed by atoms with Crippen LogP contribution in [0.25, 0.3) is 0 Å². The number of aromatic nitrogens is 2. The van der Waals surface area contributed by atoms with Crippen molar-refractivity contribution in [2.45, 2.75) is 6.92 Å². The molecule has 0 aliphatic rings. The Bertz CT molecular complexity index is 477. The Morgan fingerprint density at radius 2 is 2.13 bits per heavy atom. The van der Waals surface area contributed by atoms with E-state index in [9.17, 15) is 4.79 Å². The quantitative estimate of drug-likeness (QED) is 0.713. The molecule has 1 heterocycles. The van der Waals surface area contributed by atoms with Crippen molar-refractivity contribution >= 4 is 6.29 Å². The van der Waals surface area contributed by atoms with Gasteiger partial charge in [0.2, 0.25) is 0 Å². The van der Waals surface area contributed by atoms with E-state index in [1.54, 1.807) is 12.3 Å². The number of nitrogens with zero attached hydrogens (tertiary/aromatic N) is 2. The molecule has 0 atom stereocenters. The van der Waals surface area contributed by atoms with Gasteiger partial charge in [-0.1, -0.05) is 23.0 Å². The van der Waals surface area contributed by atoms with Crippen molar-refractivity contribution in [2.24, 2.45) is 0 Å². The van der Waals surface area contributed by atoms with Crippen LogP contribution in [0.2, 0.25) is 0 Å². The number of hydrogen-bond donors (Lipinski definition) is 0. The summed E-state index contributed by atoms with van der Waals surface area (Å²) in [7, 11) is 0. The molecular weight excluding hydrogens is 192 g/mol. The first kappa shape index (κ1) is 9.45. The van der Waals surface area contributed by atoms with Crippen LogP contribution < -0.4 is 4.84 Å². The number of hydrogen-bond acceptors (Lipinski definition) is 3. The molecule has 1 aromatic carbocycles. The van der Waals surface area contributed by atoms with Gasteiger partial charge in [-0.25, -0.2) is 0 Å². The Balaban J connectivity index is 2.22. The lowest BCUT2D eigenvalue weighted by Crippen LogP contribution is -2.06. The maximum Gasteiger partial charge on any atom is 0.170 e. The second-order valence-corrected chi connectivity index (χ2v) is 3.12. The molecular formula is C11H10N2O2. The van der Waals surface area contributed by atoms with E-state index in [0.29, 0.717) is 12.0 Å². The maximum atomic E-state index is 10.4. The number of aldehydes is 1. The number of rotatable bonds is 3. The molecule has 0 unspecified atom stereocenters. The summed E-state index contributed by atoms with van der Waals surface area (Å²) in [5.74, 6) is 0.720. The molecule has 4 nitrogen and oxygen atoms in total. The van der Waals surface area contributed by atoms with E-state index in [4.69, 9.17) is 4.84 Å². The molecule has 0 radical (unpaired) electrons. The minimum atomic E-state index is 0.351. The van der Waals surface area contributed by atoms with Gasteiger partial charge in [0.1, 0.15) is 5.69 Å². The van der Waals surface area contributed by atoms with Crippen molar-refractivity contribution in [3.05, 3.63) is 47.8 Å². The highest BCUT2D eigenvalue weighted by atomic mass is 16.7. The zero-order valence-electron chi connectivity index (χ0n) is 8.25. The minimum Gasteiger partial charge on any atom is -0.358 e. The summed E-state index contributed by atoms with van der Waals surface area (Å²) in [6.45, 7) is 1.94. The highest BCUT2D eigenvalue weighted by molar-refractivity contribution is 5.71. The van der Waals surface area contributed by atoms with Crippen molar-refractivity contribution < 1.29 is 9.63 Å². The van der Waals surface area contributed by atoms with Crippen LogP contribution in [0.3, 0.4) is 0 Å². The summed E-state index contributed by atoms with van der Waals surface area (Å²) >= 11 is 0. The molecule has 2 rings (SSSR count). The number of carbonyl (C=O) groups is 1. The van der Waals surface area contributed by atoms with E-state index < -0.39 is 0 Å². The summed E-state index contributed by atoms with van der Waals surface area (Å²) in [5, 5.41) is 3.89. The molecule has 1 aromatic heterocycles. The standard InChI is InChI=1S/C11H10N2O2/c1-9-4-2-3-5-11(9)15-13-7-6-10(8-14)12-13/h2-8H,1H3. The molecule has 4 heteroatoms. The fraction of sp³-hybridized carbons (Fsp3) is 0.0909. The van der Waals surface area contributed by atoms with Gasteiger partial charge in [0.15, 0.2) is 12.0 Å². The zero-order chi connectivity index (χ0) is 10.7. The monoisotopic (exact) mass is 202 g/mol. The number of aryl methyl sites for hydroxylation is 1. The van der Waals surface area contributed by atoms with Gasteiger partial charge in [-0.05, 0) is 24.6 Å². The second-order valence-electron chi connectivity index (χ2n) is 3.12. The van der Waals surface area contributed by atoms with Crippen molar-refractivity contribution in [3.63, 3.8) is 0 Å². The Hall–Kier alpha value is -2.10. The lowest BCUT2D eigenvalue weighted by molar-refractivity contribution is 0.111. The van der Waals surface area contributed by atoms with Crippen LogP contribution in [0.5, 0.6) is 5.75 Å². The average Bonchev–Trinajstić information content (AvgIpc) is 2.69.